The van der Waals surface area contributed by atoms with Crippen molar-refractivity contribution in [3.8, 4) is 11.8 Å². The topological polar surface area (TPSA) is 166 Å². The lowest BCUT2D eigenvalue weighted by Gasteiger charge is -2.23. The van der Waals surface area contributed by atoms with E-state index < -0.39 is 40.0 Å². The molecular weight excluding hydrogens is 486 g/mol. The molecule has 0 unspecified atom stereocenters. The molecule has 1 aromatic carbocycles. The molecule has 2 aromatic rings. The van der Waals surface area contributed by atoms with Crippen molar-refractivity contribution in [2.75, 3.05) is 23.4 Å². The first kappa shape index (κ1) is 27.2. The largest absolute Gasteiger partial charge is 0.508 e. The van der Waals surface area contributed by atoms with E-state index in [0.717, 1.165) is 4.90 Å². The summed E-state index contributed by atoms with van der Waals surface area (Å²) < 4.78 is 16.0. The zero-order valence-corrected chi connectivity index (χ0v) is 21.0. The number of carbonyl (C=O) groups excluding carboxylic acids is 2. The standard InChI is InChI=1S/C24H29N5O8/c1-5-35-23(32)28-14-15-10-11-17(30)16(13-15)9-7-6-8-12-36-21-25-19(18(29(33)34)20(28)27-21)26-22(31)37-24(2,3)4/h6-7,10-11,13,30H,5,8-9,12,14H2,1-4H3,(H,25,26,27,31)/b7-6+. The van der Waals surface area contributed by atoms with Gasteiger partial charge in [0.25, 0.3) is 0 Å². The van der Waals surface area contributed by atoms with Crippen LogP contribution >= 0.6 is 0 Å². The third kappa shape index (κ3) is 7.29. The third-order valence-electron chi connectivity index (χ3n) is 4.90. The van der Waals surface area contributed by atoms with Crippen molar-refractivity contribution in [3.63, 3.8) is 0 Å². The van der Waals surface area contributed by atoms with E-state index in [1.165, 1.54) is 6.07 Å². The van der Waals surface area contributed by atoms with E-state index in [9.17, 15) is 24.8 Å². The molecule has 13 nitrogen and oxygen atoms in total. The minimum absolute atomic E-state index is 0.00773. The molecule has 1 aliphatic rings. The molecule has 1 aromatic heterocycles. The lowest BCUT2D eigenvalue weighted by Crippen LogP contribution is -2.33. The van der Waals surface area contributed by atoms with Gasteiger partial charge in [0, 0.05) is 0 Å². The second kappa shape index (κ2) is 11.5. The number of ether oxygens (including phenoxy) is 3. The number of anilines is 2. The van der Waals surface area contributed by atoms with Crippen molar-refractivity contribution >= 4 is 29.5 Å². The van der Waals surface area contributed by atoms with Gasteiger partial charge in [-0.25, -0.2) is 9.59 Å². The highest BCUT2D eigenvalue weighted by atomic mass is 16.6. The molecule has 0 spiro atoms. The van der Waals surface area contributed by atoms with Crippen molar-refractivity contribution in [1.82, 2.24) is 9.97 Å². The Labute approximate surface area is 213 Å². The van der Waals surface area contributed by atoms with Gasteiger partial charge in [-0.1, -0.05) is 24.3 Å². The fourth-order valence-electron chi connectivity index (χ4n) is 3.39. The van der Waals surface area contributed by atoms with Gasteiger partial charge in [0.1, 0.15) is 11.4 Å². The minimum Gasteiger partial charge on any atom is -0.508 e. The quantitative estimate of drug-likeness (QED) is 0.338. The van der Waals surface area contributed by atoms with Crippen LogP contribution in [-0.4, -0.2) is 51.0 Å². The van der Waals surface area contributed by atoms with E-state index in [4.69, 9.17) is 14.2 Å². The summed E-state index contributed by atoms with van der Waals surface area (Å²) in [4.78, 5) is 46.0. The molecule has 2 amide bonds. The molecular formula is C24H29N5O8. The summed E-state index contributed by atoms with van der Waals surface area (Å²) in [6, 6.07) is 4.44. The fourth-order valence-corrected chi connectivity index (χ4v) is 3.39. The predicted octanol–water partition coefficient (Wildman–Crippen LogP) is 4.48. The number of carbonyl (C=O) groups is 2. The fraction of sp³-hybridized carbons (Fsp3) is 0.417. The van der Waals surface area contributed by atoms with Crippen molar-refractivity contribution in [1.29, 1.82) is 0 Å². The smallest absolute Gasteiger partial charge is 0.415 e. The first-order chi connectivity index (χ1) is 17.5. The number of fused-ring (bicyclic) bond motifs is 4. The summed E-state index contributed by atoms with van der Waals surface area (Å²) in [5, 5.41) is 24.7. The first-order valence-electron chi connectivity index (χ1n) is 11.6. The summed E-state index contributed by atoms with van der Waals surface area (Å²) in [6.45, 7) is 6.38. The van der Waals surface area contributed by atoms with Gasteiger partial charge in [0.05, 0.1) is 24.7 Å². The Morgan fingerprint density at radius 1 is 1.27 bits per heavy atom. The maximum atomic E-state index is 13.0. The maximum Gasteiger partial charge on any atom is 0.415 e. The number of nitrogens with one attached hydrogen (secondary N) is 1. The Kier molecular flexibility index (Phi) is 8.48. The van der Waals surface area contributed by atoms with Crippen LogP contribution in [0.1, 0.15) is 45.2 Å². The molecule has 0 saturated heterocycles. The van der Waals surface area contributed by atoms with Gasteiger partial charge in [0.2, 0.25) is 11.6 Å². The van der Waals surface area contributed by atoms with Gasteiger partial charge >= 0.3 is 23.9 Å². The van der Waals surface area contributed by atoms with Gasteiger partial charge in [0.15, 0.2) is 0 Å². The van der Waals surface area contributed by atoms with E-state index >= 15 is 0 Å². The Hall–Kier alpha value is -4.42. The molecule has 0 radical (unpaired) electrons. The molecule has 4 bridgehead atoms. The number of hydrogen-bond acceptors (Lipinski definition) is 10. The number of hydrogen-bond donors (Lipinski definition) is 2. The molecule has 37 heavy (non-hydrogen) atoms. The minimum atomic E-state index is -0.991. The summed E-state index contributed by atoms with van der Waals surface area (Å²) in [5.74, 6) is -0.886. The molecule has 3 rings (SSSR count). The van der Waals surface area contributed by atoms with Gasteiger partial charge in [-0.3, -0.25) is 20.3 Å². The van der Waals surface area contributed by atoms with Gasteiger partial charge in [-0.15, -0.1) is 0 Å². The highest BCUT2D eigenvalue weighted by molar-refractivity contribution is 5.94. The summed E-state index contributed by atoms with van der Waals surface area (Å²) >= 11 is 0. The van der Waals surface area contributed by atoms with Gasteiger partial charge < -0.3 is 19.3 Å². The van der Waals surface area contributed by atoms with E-state index in [2.05, 4.69) is 15.3 Å². The lowest BCUT2D eigenvalue weighted by atomic mass is 10.1. The van der Waals surface area contributed by atoms with E-state index in [0.29, 0.717) is 24.0 Å². The van der Waals surface area contributed by atoms with Crippen LogP contribution in [0.15, 0.2) is 30.4 Å². The average Bonchev–Trinajstić information content (AvgIpc) is 2.79. The van der Waals surface area contributed by atoms with E-state index in [-0.39, 0.29) is 31.5 Å². The molecule has 13 heteroatoms. The van der Waals surface area contributed by atoms with Crippen molar-refractivity contribution in [3.05, 3.63) is 51.6 Å². The summed E-state index contributed by atoms with van der Waals surface area (Å²) in [6.07, 6.45) is 2.65. The van der Waals surface area contributed by atoms with E-state index in [1.807, 2.05) is 12.2 Å². The third-order valence-corrected chi connectivity index (χ3v) is 4.90. The molecule has 2 N–H and O–H groups in total. The maximum absolute atomic E-state index is 13.0. The summed E-state index contributed by atoms with van der Waals surface area (Å²) in [5.41, 5.74) is -0.497. The Balaban J connectivity index is 2.20. The zero-order chi connectivity index (χ0) is 27.2. The highest BCUT2D eigenvalue weighted by Gasteiger charge is 2.35. The Morgan fingerprint density at radius 2 is 2.03 bits per heavy atom. The molecule has 0 fully saturated rings. The number of benzene rings is 1. The zero-order valence-electron chi connectivity index (χ0n) is 21.0. The second-order valence-electron chi connectivity index (χ2n) is 8.97. The second-order valence-corrected chi connectivity index (χ2v) is 8.97. The van der Waals surface area contributed by atoms with Crippen LogP contribution in [0, 0.1) is 10.1 Å². The Bertz CT molecular complexity index is 1210. The first-order valence-corrected chi connectivity index (χ1v) is 11.6. The number of aromatic nitrogens is 2. The number of nitrogens with zero attached hydrogens (tertiary/aromatic N) is 4. The van der Waals surface area contributed by atoms with Crippen LogP contribution in [0.4, 0.5) is 26.9 Å². The molecule has 198 valence electrons. The molecule has 0 aliphatic carbocycles. The van der Waals surface area contributed by atoms with Crippen LogP contribution in [-0.2, 0) is 22.4 Å². The Morgan fingerprint density at radius 3 is 2.70 bits per heavy atom. The van der Waals surface area contributed by atoms with Crippen LogP contribution in [0.5, 0.6) is 11.8 Å². The normalized spacial score (nSPS) is 14.5. The number of phenols is 1. The van der Waals surface area contributed by atoms with Crippen molar-refractivity contribution in [2.24, 2.45) is 0 Å². The number of phenolic OH excluding ortho intramolecular Hbond substituents is 1. The number of aromatic hydroxyl groups is 1. The molecule has 2 heterocycles. The van der Waals surface area contributed by atoms with Crippen LogP contribution in [0.2, 0.25) is 0 Å². The number of nitro groups is 1. The van der Waals surface area contributed by atoms with Gasteiger partial charge in [-0.05, 0) is 57.7 Å². The predicted molar refractivity (Wildman–Crippen MR) is 133 cm³/mol. The molecule has 0 atom stereocenters. The van der Waals surface area contributed by atoms with Crippen LogP contribution < -0.4 is 15.0 Å². The highest BCUT2D eigenvalue weighted by Crippen LogP contribution is 2.36. The van der Waals surface area contributed by atoms with Gasteiger partial charge in [-0.2, -0.15) is 9.97 Å². The number of allylic oxidation sites excluding steroid dienone is 1. The van der Waals surface area contributed by atoms with Crippen LogP contribution in [0.3, 0.4) is 0 Å². The van der Waals surface area contributed by atoms with E-state index in [1.54, 1.807) is 39.8 Å². The van der Waals surface area contributed by atoms with Crippen molar-refractivity contribution < 1.29 is 33.8 Å². The monoisotopic (exact) mass is 515 g/mol. The van der Waals surface area contributed by atoms with Crippen molar-refractivity contribution in [2.45, 2.75) is 52.7 Å². The number of amides is 2. The number of rotatable bonds is 3. The lowest BCUT2D eigenvalue weighted by molar-refractivity contribution is -0.383. The SMILES string of the molecule is CCOC(=O)N1Cc2ccc(O)c(c2)C/C=C/CCOc2nc(NC(=O)OC(C)(C)C)c([N+](=O)[O-])c1n2. The molecule has 0 saturated carbocycles. The van der Waals surface area contributed by atoms with Crippen LogP contribution in [0.25, 0.3) is 0 Å². The molecule has 1 aliphatic heterocycles. The summed E-state index contributed by atoms with van der Waals surface area (Å²) in [7, 11) is 0. The average molecular weight is 516 g/mol.